The zero-order valence-corrected chi connectivity index (χ0v) is 12.2. The van der Waals surface area contributed by atoms with E-state index in [-0.39, 0.29) is 11.9 Å². The molecule has 0 radical (unpaired) electrons. The first-order valence-corrected chi connectivity index (χ1v) is 6.68. The van der Waals surface area contributed by atoms with Crippen molar-refractivity contribution in [2.24, 2.45) is 0 Å². The lowest BCUT2D eigenvalue weighted by Crippen LogP contribution is -2.37. The van der Waals surface area contributed by atoms with Crippen molar-refractivity contribution in [2.45, 2.75) is 33.2 Å². The molecule has 0 saturated carbocycles. The van der Waals surface area contributed by atoms with E-state index < -0.39 is 5.97 Å². The molecule has 1 N–H and O–H groups in total. The molecule has 1 amide bonds. The second kappa shape index (κ2) is 7.48. The summed E-state index contributed by atoms with van der Waals surface area (Å²) in [5.41, 5.74) is 2.69. The van der Waals surface area contributed by atoms with Crippen molar-refractivity contribution in [2.75, 3.05) is 6.54 Å². The van der Waals surface area contributed by atoms with E-state index in [2.05, 4.69) is 25.1 Å². The Bertz CT molecular complexity index is 508. The molecule has 0 spiro atoms. The summed E-state index contributed by atoms with van der Waals surface area (Å²) in [6.07, 6.45) is 3.54. The van der Waals surface area contributed by atoms with Crippen LogP contribution in [0.1, 0.15) is 37.9 Å². The number of rotatable bonds is 1. The summed E-state index contributed by atoms with van der Waals surface area (Å²) >= 11 is 0. The molecule has 1 unspecified atom stereocenters. The quantitative estimate of drug-likeness (QED) is 0.802. The van der Waals surface area contributed by atoms with E-state index in [1.165, 1.54) is 17.2 Å². The minimum Gasteiger partial charge on any atom is -0.478 e. The number of carbonyl (C=O) groups excluding carboxylic acids is 1. The van der Waals surface area contributed by atoms with Gasteiger partial charge in [-0.25, -0.2) is 4.79 Å². The summed E-state index contributed by atoms with van der Waals surface area (Å²) in [7, 11) is 0. The first-order chi connectivity index (χ1) is 9.47. The fraction of sp³-hybridized carbons (Fsp3) is 0.375. The fourth-order valence-electron chi connectivity index (χ4n) is 2.34. The van der Waals surface area contributed by atoms with Crippen molar-refractivity contribution in [3.05, 3.63) is 47.5 Å². The number of allylic oxidation sites excluding steroid dienone is 1. The largest absolute Gasteiger partial charge is 0.478 e. The molecule has 1 aliphatic rings. The van der Waals surface area contributed by atoms with Crippen LogP contribution in [-0.2, 0) is 16.0 Å². The number of aliphatic carboxylic acids is 1. The second-order valence-corrected chi connectivity index (χ2v) is 4.68. The Morgan fingerprint density at radius 3 is 2.50 bits per heavy atom. The predicted molar refractivity (Wildman–Crippen MR) is 78.4 cm³/mol. The maximum absolute atomic E-state index is 11.3. The molecule has 1 aliphatic heterocycles. The zero-order chi connectivity index (χ0) is 15.1. The summed E-state index contributed by atoms with van der Waals surface area (Å²) in [5, 5.41) is 7.83. The predicted octanol–water partition coefficient (Wildman–Crippen LogP) is 2.80. The average Bonchev–Trinajstić information content (AvgIpc) is 2.39. The van der Waals surface area contributed by atoms with Crippen molar-refractivity contribution in [3.63, 3.8) is 0 Å². The highest BCUT2D eigenvalue weighted by atomic mass is 16.4. The van der Waals surface area contributed by atoms with Crippen LogP contribution in [0.3, 0.4) is 0 Å². The number of carbonyl (C=O) groups is 2. The van der Waals surface area contributed by atoms with Crippen LogP contribution in [0.2, 0.25) is 0 Å². The molecule has 0 fully saturated rings. The molecular weight excluding hydrogens is 254 g/mol. The zero-order valence-electron chi connectivity index (χ0n) is 12.2. The van der Waals surface area contributed by atoms with Gasteiger partial charge in [-0.3, -0.25) is 4.79 Å². The van der Waals surface area contributed by atoms with Gasteiger partial charge in [0, 0.05) is 19.5 Å². The molecule has 0 aromatic heterocycles. The molecule has 0 aliphatic carbocycles. The summed E-state index contributed by atoms with van der Waals surface area (Å²) in [5.74, 6) is -0.718. The van der Waals surface area contributed by atoms with Gasteiger partial charge in [-0.15, -0.1) is 0 Å². The van der Waals surface area contributed by atoms with Crippen molar-refractivity contribution in [1.29, 1.82) is 0 Å². The minimum absolute atomic E-state index is 0.173. The molecular formula is C16H21NO3. The highest BCUT2D eigenvalue weighted by Gasteiger charge is 2.24. The van der Waals surface area contributed by atoms with Crippen LogP contribution < -0.4 is 0 Å². The lowest BCUT2D eigenvalue weighted by atomic mass is 9.94. The van der Waals surface area contributed by atoms with Crippen LogP contribution in [0.25, 0.3) is 0 Å². The van der Waals surface area contributed by atoms with Gasteiger partial charge in [0.25, 0.3) is 0 Å². The molecule has 1 aromatic carbocycles. The molecule has 1 heterocycles. The van der Waals surface area contributed by atoms with Gasteiger partial charge in [-0.05, 0) is 31.4 Å². The summed E-state index contributed by atoms with van der Waals surface area (Å²) < 4.78 is 0. The highest BCUT2D eigenvalue weighted by Crippen LogP contribution is 2.28. The monoisotopic (exact) mass is 275 g/mol. The van der Waals surface area contributed by atoms with Crippen LogP contribution in [0.4, 0.5) is 0 Å². The standard InChI is InChI=1S/C12H15NO.C4H6O2/c1-9-12-6-4-3-5-11(12)7-8-13(9)10(2)14;1-2-3-4(5)6/h3-6,9H,7-8H2,1-2H3;2-3H,1H3,(H,5,6)/b;3-2-. The van der Waals surface area contributed by atoms with E-state index in [1.807, 2.05) is 11.0 Å². The Balaban J connectivity index is 0.000000286. The number of nitrogens with zero attached hydrogens (tertiary/aromatic N) is 1. The number of carboxylic acid groups (broad SMARTS) is 1. The van der Waals surface area contributed by atoms with Gasteiger partial charge in [0.05, 0.1) is 6.04 Å². The Kier molecular flexibility index (Phi) is 5.97. The lowest BCUT2D eigenvalue weighted by molar-refractivity contribution is -0.132. The molecule has 108 valence electrons. The van der Waals surface area contributed by atoms with Crippen LogP contribution in [0.15, 0.2) is 36.4 Å². The van der Waals surface area contributed by atoms with Crippen LogP contribution >= 0.6 is 0 Å². The molecule has 0 saturated heterocycles. The minimum atomic E-state index is -0.891. The number of carboxylic acids is 1. The van der Waals surface area contributed by atoms with Gasteiger partial charge in [0.1, 0.15) is 0 Å². The molecule has 4 heteroatoms. The van der Waals surface area contributed by atoms with E-state index >= 15 is 0 Å². The fourth-order valence-corrected chi connectivity index (χ4v) is 2.34. The first kappa shape index (κ1) is 16.0. The maximum Gasteiger partial charge on any atom is 0.327 e. The third kappa shape index (κ3) is 4.23. The lowest BCUT2D eigenvalue weighted by Gasteiger charge is -2.34. The van der Waals surface area contributed by atoms with Gasteiger partial charge in [-0.2, -0.15) is 0 Å². The molecule has 2 rings (SSSR count). The van der Waals surface area contributed by atoms with E-state index in [0.717, 1.165) is 19.0 Å². The molecule has 4 nitrogen and oxygen atoms in total. The number of benzene rings is 1. The molecule has 20 heavy (non-hydrogen) atoms. The van der Waals surface area contributed by atoms with Gasteiger partial charge in [-0.1, -0.05) is 30.3 Å². The van der Waals surface area contributed by atoms with Crippen molar-refractivity contribution in [3.8, 4) is 0 Å². The van der Waals surface area contributed by atoms with E-state index in [0.29, 0.717) is 0 Å². The molecule has 1 atom stereocenters. The number of amides is 1. The SMILES string of the molecule is C/C=C\C(=O)O.CC(=O)N1CCc2ccccc2C1C. The number of hydrogen-bond donors (Lipinski definition) is 1. The van der Waals surface area contributed by atoms with Gasteiger partial charge < -0.3 is 10.0 Å². The van der Waals surface area contributed by atoms with Crippen molar-refractivity contribution in [1.82, 2.24) is 4.90 Å². The van der Waals surface area contributed by atoms with Crippen molar-refractivity contribution < 1.29 is 14.7 Å². The van der Waals surface area contributed by atoms with Gasteiger partial charge in [0.2, 0.25) is 5.91 Å². The Morgan fingerprint density at radius 1 is 1.35 bits per heavy atom. The van der Waals surface area contributed by atoms with Gasteiger partial charge in [0.15, 0.2) is 0 Å². The average molecular weight is 275 g/mol. The Hall–Kier alpha value is -2.10. The summed E-state index contributed by atoms with van der Waals surface area (Å²) in [6, 6.07) is 8.62. The third-order valence-corrected chi connectivity index (χ3v) is 3.31. The Labute approximate surface area is 119 Å². The number of fused-ring (bicyclic) bond motifs is 1. The molecule has 0 bridgehead atoms. The van der Waals surface area contributed by atoms with Crippen LogP contribution in [-0.4, -0.2) is 28.4 Å². The highest BCUT2D eigenvalue weighted by molar-refractivity contribution is 5.79. The first-order valence-electron chi connectivity index (χ1n) is 6.68. The van der Waals surface area contributed by atoms with E-state index in [1.54, 1.807) is 13.8 Å². The second-order valence-electron chi connectivity index (χ2n) is 4.68. The summed E-state index contributed by atoms with van der Waals surface area (Å²) in [6.45, 7) is 6.26. The number of hydrogen-bond acceptors (Lipinski definition) is 2. The van der Waals surface area contributed by atoms with E-state index in [9.17, 15) is 9.59 Å². The normalized spacial score (nSPS) is 17.1. The summed E-state index contributed by atoms with van der Waals surface area (Å²) in [4.78, 5) is 22.8. The molecule has 1 aromatic rings. The maximum atomic E-state index is 11.3. The van der Waals surface area contributed by atoms with Crippen molar-refractivity contribution >= 4 is 11.9 Å². The van der Waals surface area contributed by atoms with Crippen LogP contribution in [0.5, 0.6) is 0 Å². The van der Waals surface area contributed by atoms with Crippen LogP contribution in [0, 0.1) is 0 Å². The Morgan fingerprint density at radius 2 is 2.00 bits per heavy atom. The van der Waals surface area contributed by atoms with Gasteiger partial charge >= 0.3 is 5.97 Å². The third-order valence-electron chi connectivity index (χ3n) is 3.31. The van der Waals surface area contributed by atoms with E-state index in [4.69, 9.17) is 5.11 Å². The smallest absolute Gasteiger partial charge is 0.327 e. The topological polar surface area (TPSA) is 57.6 Å².